The molecule has 0 unspecified atom stereocenters. The van der Waals surface area contributed by atoms with E-state index in [-0.39, 0.29) is 59.8 Å². The van der Waals surface area contributed by atoms with Gasteiger partial charge in [0, 0.05) is 35.0 Å². The van der Waals surface area contributed by atoms with E-state index in [1.165, 1.54) is 14.1 Å². The standard InChI is InChI=1S/C53H68N4O11S2/c1-33(2)29-55(70(63,64)39-21-22-42(57(61)62)36(27-39)18-23-46(54)58)30-44-43(56(53(10,11)67-44)50(60)68-51(5,6)7)26-35-16-19-38(20-17-35)65-32-37-14-12-13-15-40(37)48-47(49(59)66-31-34(3)4)41-28-52(8,9)25-24-45(41)69-48/h12-23,27,33-34,43-44H,24-26,28-32H2,1-11H3,(H2,54,58)/b23-18+/t43-,44+/m0/s1. The number of aryl methyl sites for hydroxylation is 1. The van der Waals surface area contributed by atoms with Gasteiger partial charge in [0.05, 0.1) is 39.7 Å². The van der Waals surface area contributed by atoms with Gasteiger partial charge in [-0.3, -0.25) is 19.8 Å². The summed E-state index contributed by atoms with van der Waals surface area (Å²) in [5.74, 6) is -0.523. The Morgan fingerprint density at radius 1 is 1.01 bits per heavy atom. The molecule has 1 fully saturated rings. The maximum Gasteiger partial charge on any atom is 0.412 e. The Hall–Kier alpha value is -5.62. The molecule has 1 aliphatic heterocycles. The van der Waals surface area contributed by atoms with Gasteiger partial charge in [-0.2, -0.15) is 4.31 Å². The van der Waals surface area contributed by atoms with E-state index in [2.05, 4.69) is 13.8 Å². The highest BCUT2D eigenvalue weighted by molar-refractivity contribution is 7.89. The van der Waals surface area contributed by atoms with Crippen molar-refractivity contribution in [1.29, 1.82) is 0 Å². The van der Waals surface area contributed by atoms with E-state index in [0.717, 1.165) is 76.7 Å². The van der Waals surface area contributed by atoms with Crippen molar-refractivity contribution in [3.05, 3.63) is 116 Å². The summed E-state index contributed by atoms with van der Waals surface area (Å²) in [4.78, 5) is 54.1. The molecule has 4 aromatic rings. The summed E-state index contributed by atoms with van der Waals surface area (Å²) in [7, 11) is -4.35. The molecule has 6 rings (SSSR count). The molecule has 2 atom stereocenters. The minimum Gasteiger partial charge on any atom is -0.489 e. The molecule has 15 nitrogen and oxygen atoms in total. The molecule has 0 saturated carbocycles. The molecule has 1 saturated heterocycles. The van der Waals surface area contributed by atoms with Crippen LogP contribution in [0.1, 0.15) is 120 Å². The highest BCUT2D eigenvalue weighted by Crippen LogP contribution is 2.46. The molecule has 70 heavy (non-hydrogen) atoms. The number of carbonyl (C=O) groups is 3. The summed E-state index contributed by atoms with van der Waals surface area (Å²) in [6.07, 6.45) is 3.54. The Labute approximate surface area is 416 Å². The number of hydrogen-bond acceptors (Lipinski definition) is 12. The van der Waals surface area contributed by atoms with Crippen molar-refractivity contribution in [1.82, 2.24) is 9.21 Å². The van der Waals surface area contributed by atoms with Crippen LogP contribution in [0.4, 0.5) is 10.5 Å². The zero-order chi connectivity index (χ0) is 51.5. The van der Waals surface area contributed by atoms with Crippen LogP contribution in [-0.2, 0) is 54.9 Å². The van der Waals surface area contributed by atoms with Crippen molar-refractivity contribution in [2.45, 2.75) is 137 Å². The Bertz CT molecular complexity index is 2720. The van der Waals surface area contributed by atoms with Crippen molar-refractivity contribution >= 4 is 51.1 Å². The molecule has 0 spiro atoms. The number of nitrogens with two attached hydrogens (primary N) is 1. The zero-order valence-corrected chi connectivity index (χ0v) is 43.8. The molecule has 1 aliphatic carbocycles. The van der Waals surface area contributed by atoms with E-state index in [9.17, 15) is 32.9 Å². The number of benzene rings is 3. The number of esters is 1. The fourth-order valence-electron chi connectivity index (χ4n) is 8.94. The molecule has 1 aromatic heterocycles. The first-order valence-electron chi connectivity index (χ1n) is 23.7. The summed E-state index contributed by atoms with van der Waals surface area (Å²) in [6, 6.07) is 18.1. The second-order valence-electron chi connectivity index (χ2n) is 21.3. The van der Waals surface area contributed by atoms with Crippen LogP contribution in [0.5, 0.6) is 5.75 Å². The van der Waals surface area contributed by atoms with Crippen LogP contribution in [0.3, 0.4) is 0 Å². The number of thiophene rings is 1. The lowest BCUT2D eigenvalue weighted by Crippen LogP contribution is -2.52. The zero-order valence-electron chi connectivity index (χ0n) is 42.2. The first kappa shape index (κ1) is 53.7. The fraction of sp³-hybridized carbons (Fsp3) is 0.491. The van der Waals surface area contributed by atoms with Crippen molar-refractivity contribution in [3.63, 3.8) is 0 Å². The third-order valence-corrected chi connectivity index (χ3v) is 15.3. The van der Waals surface area contributed by atoms with E-state index in [0.29, 0.717) is 17.9 Å². The Morgan fingerprint density at radius 2 is 1.70 bits per heavy atom. The number of carbonyl (C=O) groups excluding carboxylic acids is 3. The van der Waals surface area contributed by atoms with Gasteiger partial charge in [-0.25, -0.2) is 18.0 Å². The minimum atomic E-state index is -4.35. The maximum atomic E-state index is 14.6. The molecule has 0 radical (unpaired) electrons. The second-order valence-corrected chi connectivity index (χ2v) is 24.3. The Morgan fingerprint density at radius 3 is 2.33 bits per heavy atom. The number of primary amides is 1. The lowest BCUT2D eigenvalue weighted by Gasteiger charge is -2.35. The van der Waals surface area contributed by atoms with Crippen LogP contribution in [0.25, 0.3) is 16.5 Å². The predicted molar refractivity (Wildman–Crippen MR) is 271 cm³/mol. The fourth-order valence-corrected chi connectivity index (χ4v) is 12.0. The summed E-state index contributed by atoms with van der Waals surface area (Å²) in [6.45, 7) is 21.5. The molecule has 3 aromatic carbocycles. The number of nitro benzene ring substituents is 1. The van der Waals surface area contributed by atoms with Crippen molar-refractivity contribution < 1.29 is 46.7 Å². The monoisotopic (exact) mass is 1000 g/mol. The predicted octanol–water partition coefficient (Wildman–Crippen LogP) is 10.4. The average Bonchev–Trinajstić information content (AvgIpc) is 3.75. The lowest BCUT2D eigenvalue weighted by molar-refractivity contribution is -0.385. The molecule has 2 heterocycles. The van der Waals surface area contributed by atoms with Crippen LogP contribution in [0.15, 0.2) is 77.7 Å². The largest absolute Gasteiger partial charge is 0.489 e. The average molecular weight is 1000 g/mol. The van der Waals surface area contributed by atoms with Gasteiger partial charge in [-0.15, -0.1) is 11.3 Å². The quantitative estimate of drug-likeness (QED) is 0.0431. The number of amides is 2. The smallest absolute Gasteiger partial charge is 0.412 e. The van der Waals surface area contributed by atoms with Crippen molar-refractivity contribution in [3.8, 4) is 16.2 Å². The van der Waals surface area contributed by atoms with Crippen LogP contribution in [-0.4, -0.2) is 83.7 Å². The van der Waals surface area contributed by atoms with E-state index < -0.39 is 56.1 Å². The van der Waals surface area contributed by atoms with Crippen molar-refractivity contribution in [2.24, 2.45) is 23.0 Å². The molecular weight excluding hydrogens is 933 g/mol. The third kappa shape index (κ3) is 13.0. The second kappa shape index (κ2) is 21.4. The highest BCUT2D eigenvalue weighted by atomic mass is 32.2. The molecule has 378 valence electrons. The SMILES string of the molecule is CC(C)COC(=O)c1c(-c2ccccc2COc2ccc(C[C@H]3[C@@H](CN(CC(C)C)S(=O)(=O)c4ccc([N+](=O)[O-])c(/C=C/C(N)=O)c4)OC(C)(C)N3C(=O)OC(C)(C)C)cc2)sc2c1CC(C)(C)CC2. The van der Waals surface area contributed by atoms with Gasteiger partial charge in [0.25, 0.3) is 5.69 Å². The number of hydrogen-bond donors (Lipinski definition) is 1. The minimum absolute atomic E-state index is 0.0525. The number of nitro groups is 1. The van der Waals surface area contributed by atoms with Crippen molar-refractivity contribution in [2.75, 3.05) is 19.7 Å². The van der Waals surface area contributed by atoms with E-state index in [1.54, 1.807) is 46.0 Å². The molecule has 2 amide bonds. The molecule has 0 bridgehead atoms. The van der Waals surface area contributed by atoms with Crippen LogP contribution in [0, 0.1) is 27.4 Å². The van der Waals surface area contributed by atoms with E-state index in [1.807, 2.05) is 76.2 Å². The van der Waals surface area contributed by atoms with Gasteiger partial charge >= 0.3 is 12.1 Å². The Kier molecular flexibility index (Phi) is 16.4. The van der Waals surface area contributed by atoms with Gasteiger partial charge in [0.2, 0.25) is 15.9 Å². The maximum absolute atomic E-state index is 14.6. The summed E-state index contributed by atoms with van der Waals surface area (Å²) < 4.78 is 55.2. The van der Waals surface area contributed by atoms with E-state index in [4.69, 9.17) is 24.7 Å². The number of nitrogens with zero attached hydrogens (tertiary/aromatic N) is 3. The highest BCUT2D eigenvalue weighted by Gasteiger charge is 2.52. The topological polar surface area (TPSA) is 198 Å². The molecule has 2 aliphatic rings. The van der Waals surface area contributed by atoms with Crippen LogP contribution >= 0.6 is 11.3 Å². The first-order chi connectivity index (χ1) is 32.7. The van der Waals surface area contributed by atoms with Crippen LogP contribution in [0.2, 0.25) is 0 Å². The Balaban J connectivity index is 1.28. The van der Waals surface area contributed by atoms with Gasteiger partial charge < -0.3 is 24.7 Å². The normalized spacial score (nSPS) is 17.8. The number of ether oxygens (including phenoxy) is 4. The van der Waals surface area contributed by atoms with E-state index >= 15 is 0 Å². The van der Waals surface area contributed by atoms with Gasteiger partial charge in [0.15, 0.2) is 0 Å². The summed E-state index contributed by atoms with van der Waals surface area (Å²) >= 11 is 1.67. The molecule has 17 heteroatoms. The number of sulfonamides is 1. The van der Waals surface area contributed by atoms with Gasteiger partial charge in [-0.05, 0) is 130 Å². The first-order valence-corrected chi connectivity index (χ1v) is 26.0. The number of rotatable bonds is 18. The summed E-state index contributed by atoms with van der Waals surface area (Å²) in [5, 5.41) is 11.9. The molecular formula is C53H68N4O11S2. The number of fused-ring (bicyclic) bond motifs is 1. The summed E-state index contributed by atoms with van der Waals surface area (Å²) in [5.41, 5.74) is 7.11. The van der Waals surface area contributed by atoms with Gasteiger partial charge in [-0.1, -0.05) is 77.9 Å². The van der Waals surface area contributed by atoms with Crippen LogP contribution < -0.4 is 10.5 Å². The third-order valence-electron chi connectivity index (χ3n) is 12.1. The lowest BCUT2D eigenvalue weighted by atomic mass is 9.76. The van der Waals surface area contributed by atoms with Gasteiger partial charge in [0.1, 0.15) is 23.7 Å². The molecule has 2 N–H and O–H groups in total.